The van der Waals surface area contributed by atoms with Crippen molar-refractivity contribution in [2.45, 2.75) is 25.8 Å². The highest BCUT2D eigenvalue weighted by Crippen LogP contribution is 2.20. The van der Waals surface area contributed by atoms with E-state index >= 15 is 0 Å². The van der Waals surface area contributed by atoms with Crippen LogP contribution >= 0.6 is 0 Å². The van der Waals surface area contributed by atoms with Crippen LogP contribution in [-0.4, -0.2) is 60.5 Å². The summed E-state index contributed by atoms with van der Waals surface area (Å²) >= 11 is 0. The Morgan fingerprint density at radius 1 is 1.12 bits per heavy atom. The zero-order valence-electron chi connectivity index (χ0n) is 18.6. The lowest BCUT2D eigenvalue weighted by molar-refractivity contribution is 0.0924. The molecule has 1 N–H and O–H groups in total. The quantitative estimate of drug-likeness (QED) is 0.556. The minimum absolute atomic E-state index is 0.0863. The summed E-state index contributed by atoms with van der Waals surface area (Å²) in [5.74, 6) is 0.240. The molecule has 1 amide bonds. The molecule has 0 bridgehead atoms. The van der Waals surface area contributed by atoms with E-state index < -0.39 is 0 Å². The average molecular weight is 439 g/mol. The zero-order valence-corrected chi connectivity index (χ0v) is 18.6. The van der Waals surface area contributed by atoms with E-state index in [4.69, 9.17) is 4.74 Å². The van der Waals surface area contributed by atoms with E-state index in [1.807, 2.05) is 36.4 Å². The van der Waals surface area contributed by atoms with E-state index in [1.54, 1.807) is 17.9 Å². The number of rotatable bonds is 9. The number of amides is 1. The van der Waals surface area contributed by atoms with Crippen LogP contribution in [0.2, 0.25) is 0 Å². The first-order valence-electron chi connectivity index (χ1n) is 11.3. The van der Waals surface area contributed by atoms with Gasteiger partial charge in [0.25, 0.3) is 5.91 Å². The second-order valence-corrected chi connectivity index (χ2v) is 8.42. The molecule has 2 heterocycles. The van der Waals surface area contributed by atoms with Gasteiger partial charge in [-0.2, -0.15) is 5.10 Å². The topological polar surface area (TPSA) is 59.4 Å². The predicted molar refractivity (Wildman–Crippen MR) is 123 cm³/mol. The summed E-state index contributed by atoms with van der Waals surface area (Å²) < 4.78 is 20.7. The molecule has 1 saturated heterocycles. The number of nitrogens with zero attached hydrogens (tertiary/aromatic N) is 3. The van der Waals surface area contributed by atoms with E-state index in [0.29, 0.717) is 31.3 Å². The number of aromatic nitrogens is 2. The van der Waals surface area contributed by atoms with Crippen LogP contribution in [0.25, 0.3) is 10.9 Å². The largest absolute Gasteiger partial charge is 0.383 e. The number of likely N-dealkylation sites (tertiary alicyclic amines) is 1. The Bertz CT molecular complexity index is 1040. The first-order valence-corrected chi connectivity index (χ1v) is 11.3. The van der Waals surface area contributed by atoms with Crippen LogP contribution in [0.1, 0.15) is 28.9 Å². The molecule has 0 unspecified atom stereocenters. The van der Waals surface area contributed by atoms with Gasteiger partial charge in [-0.15, -0.1) is 0 Å². The molecule has 0 aliphatic carbocycles. The molecular weight excluding hydrogens is 407 g/mol. The van der Waals surface area contributed by atoms with Crippen LogP contribution < -0.4 is 5.32 Å². The molecule has 7 heteroatoms. The summed E-state index contributed by atoms with van der Waals surface area (Å²) in [6, 6.07) is 14.7. The average Bonchev–Trinajstić information content (AvgIpc) is 3.20. The van der Waals surface area contributed by atoms with Crippen molar-refractivity contribution in [2.24, 2.45) is 5.92 Å². The summed E-state index contributed by atoms with van der Waals surface area (Å²) in [4.78, 5) is 15.4. The molecule has 0 atom stereocenters. The van der Waals surface area contributed by atoms with E-state index in [2.05, 4.69) is 15.3 Å². The minimum Gasteiger partial charge on any atom is -0.383 e. The third-order valence-electron chi connectivity index (χ3n) is 6.28. The van der Waals surface area contributed by atoms with Crippen molar-refractivity contribution >= 4 is 16.8 Å². The first-order chi connectivity index (χ1) is 15.7. The van der Waals surface area contributed by atoms with Gasteiger partial charge in [-0.25, -0.2) is 4.39 Å². The molecule has 0 spiro atoms. The molecule has 0 radical (unpaired) electrons. The van der Waals surface area contributed by atoms with Crippen molar-refractivity contribution in [3.8, 4) is 0 Å². The summed E-state index contributed by atoms with van der Waals surface area (Å²) in [5, 5.41) is 8.57. The van der Waals surface area contributed by atoms with Gasteiger partial charge in [0.05, 0.1) is 18.7 Å². The van der Waals surface area contributed by atoms with Crippen molar-refractivity contribution < 1.29 is 13.9 Å². The van der Waals surface area contributed by atoms with E-state index in [9.17, 15) is 9.18 Å². The molecule has 1 aliphatic heterocycles. The molecule has 0 saturated carbocycles. The Hall–Kier alpha value is -2.77. The molecule has 4 rings (SSSR count). The maximum atomic E-state index is 13.8. The molecule has 1 fully saturated rings. The maximum absolute atomic E-state index is 13.8. The van der Waals surface area contributed by atoms with Gasteiger partial charge in [0.2, 0.25) is 0 Å². The predicted octanol–water partition coefficient (Wildman–Crippen LogP) is 3.51. The van der Waals surface area contributed by atoms with Crippen LogP contribution in [0.15, 0.2) is 48.5 Å². The third-order valence-corrected chi connectivity index (χ3v) is 6.28. The molecule has 1 aliphatic rings. The highest BCUT2D eigenvalue weighted by Gasteiger charge is 2.22. The normalized spacial score (nSPS) is 15.3. The summed E-state index contributed by atoms with van der Waals surface area (Å²) in [5.41, 5.74) is 2.19. The molecule has 170 valence electrons. The number of hydrogen-bond donors (Lipinski definition) is 1. The van der Waals surface area contributed by atoms with Crippen LogP contribution in [0.3, 0.4) is 0 Å². The first kappa shape index (κ1) is 22.4. The van der Waals surface area contributed by atoms with Crippen molar-refractivity contribution in [1.29, 1.82) is 0 Å². The number of hydrogen-bond acceptors (Lipinski definition) is 4. The van der Waals surface area contributed by atoms with Crippen LogP contribution in [-0.2, 0) is 17.7 Å². The molecule has 1 aromatic heterocycles. The van der Waals surface area contributed by atoms with Crippen molar-refractivity contribution in [1.82, 2.24) is 20.0 Å². The fourth-order valence-electron chi connectivity index (χ4n) is 4.37. The van der Waals surface area contributed by atoms with E-state index in [1.165, 1.54) is 6.07 Å². The standard InChI is InChI=1S/C25H31FN4O2/c1-32-17-16-30-24(21-7-3-5-9-23(21)28-30)25(31)27-18-19-10-13-29(14-11-19)15-12-20-6-2-4-8-22(20)26/h2-9,19H,10-18H2,1H3,(H,27,31). The van der Waals surface area contributed by atoms with Gasteiger partial charge >= 0.3 is 0 Å². The number of benzene rings is 2. The van der Waals surface area contributed by atoms with Gasteiger partial charge in [0.1, 0.15) is 11.5 Å². The van der Waals surface area contributed by atoms with Gasteiger partial charge in [-0.1, -0.05) is 36.4 Å². The number of halogens is 1. The number of ether oxygens (including phenoxy) is 1. The SMILES string of the molecule is COCCn1nc2ccccc2c1C(=O)NCC1CCN(CCc2ccccc2F)CC1. The molecular formula is C25H31FN4O2. The fraction of sp³-hybridized carbons (Fsp3) is 0.440. The van der Waals surface area contributed by atoms with Gasteiger partial charge in [0.15, 0.2) is 0 Å². The molecule has 32 heavy (non-hydrogen) atoms. The lowest BCUT2D eigenvalue weighted by Crippen LogP contribution is -2.39. The number of carbonyl (C=O) groups is 1. The smallest absolute Gasteiger partial charge is 0.270 e. The van der Waals surface area contributed by atoms with Crippen molar-refractivity contribution in [3.05, 3.63) is 65.6 Å². The fourth-order valence-corrected chi connectivity index (χ4v) is 4.37. The second kappa shape index (κ2) is 10.7. The minimum atomic E-state index is -0.123. The molecule has 6 nitrogen and oxygen atoms in total. The highest BCUT2D eigenvalue weighted by molar-refractivity contribution is 6.05. The Labute approximate surface area is 188 Å². The number of carbonyl (C=O) groups excluding carboxylic acids is 1. The second-order valence-electron chi connectivity index (χ2n) is 8.42. The third kappa shape index (κ3) is 5.34. The number of piperidine rings is 1. The highest BCUT2D eigenvalue weighted by atomic mass is 19.1. The summed E-state index contributed by atoms with van der Waals surface area (Å²) in [6.45, 7) is 4.51. The Kier molecular flexibility index (Phi) is 7.50. The Morgan fingerprint density at radius 3 is 2.66 bits per heavy atom. The summed E-state index contributed by atoms with van der Waals surface area (Å²) in [6.07, 6.45) is 2.79. The van der Waals surface area contributed by atoms with Crippen molar-refractivity contribution in [2.75, 3.05) is 39.9 Å². The zero-order chi connectivity index (χ0) is 22.3. The van der Waals surface area contributed by atoms with E-state index in [0.717, 1.165) is 55.4 Å². The molecule has 3 aromatic rings. The van der Waals surface area contributed by atoms with Gasteiger partial charge < -0.3 is 15.0 Å². The lowest BCUT2D eigenvalue weighted by atomic mass is 9.96. The van der Waals surface area contributed by atoms with Crippen LogP contribution in [0, 0.1) is 11.7 Å². The van der Waals surface area contributed by atoms with Gasteiger partial charge in [-0.3, -0.25) is 9.48 Å². The van der Waals surface area contributed by atoms with Crippen LogP contribution in [0.4, 0.5) is 4.39 Å². The molecule has 2 aromatic carbocycles. The number of methoxy groups -OCH3 is 1. The Morgan fingerprint density at radius 2 is 1.88 bits per heavy atom. The van der Waals surface area contributed by atoms with E-state index in [-0.39, 0.29) is 11.7 Å². The monoisotopic (exact) mass is 438 g/mol. The Balaban J connectivity index is 1.29. The number of fused-ring (bicyclic) bond motifs is 1. The van der Waals surface area contributed by atoms with Crippen LogP contribution in [0.5, 0.6) is 0 Å². The van der Waals surface area contributed by atoms with Gasteiger partial charge in [-0.05, 0) is 56.0 Å². The maximum Gasteiger partial charge on any atom is 0.270 e. The summed E-state index contributed by atoms with van der Waals surface area (Å²) in [7, 11) is 1.64. The number of nitrogens with one attached hydrogen (secondary N) is 1. The van der Waals surface area contributed by atoms with Gasteiger partial charge in [0, 0.05) is 25.6 Å². The lowest BCUT2D eigenvalue weighted by Gasteiger charge is -2.32. The van der Waals surface area contributed by atoms with Crippen molar-refractivity contribution in [3.63, 3.8) is 0 Å².